The highest BCUT2D eigenvalue weighted by atomic mass is 32.1. The van der Waals surface area contributed by atoms with Crippen molar-refractivity contribution in [2.24, 2.45) is 0 Å². The molecule has 0 bridgehead atoms. The number of carbonyl (C=O) groups excluding carboxylic acids is 2. The van der Waals surface area contributed by atoms with E-state index in [0.29, 0.717) is 34.4 Å². The van der Waals surface area contributed by atoms with Gasteiger partial charge in [-0.2, -0.15) is 0 Å². The monoisotopic (exact) mass is 424 g/mol. The van der Waals surface area contributed by atoms with E-state index in [1.807, 2.05) is 24.3 Å². The van der Waals surface area contributed by atoms with Gasteiger partial charge in [0.1, 0.15) is 4.88 Å². The topological polar surface area (TPSA) is 84.4 Å². The number of carbonyl (C=O) groups is 2. The number of hydrogen-bond acceptors (Lipinski definition) is 7. The summed E-state index contributed by atoms with van der Waals surface area (Å²) in [5.74, 6) is -0.648. The molecular weight excluding hydrogens is 400 g/mol. The Hall–Kier alpha value is -2.84. The number of esters is 1. The van der Waals surface area contributed by atoms with Crippen LogP contribution in [0.15, 0.2) is 24.3 Å². The highest BCUT2D eigenvalue weighted by molar-refractivity contribution is 7.17. The van der Waals surface area contributed by atoms with Crippen LogP contribution in [0.25, 0.3) is 10.9 Å². The maximum absolute atomic E-state index is 13.4. The van der Waals surface area contributed by atoms with Crippen molar-refractivity contribution < 1.29 is 14.3 Å². The maximum Gasteiger partial charge on any atom is 0.350 e. The minimum Gasteiger partial charge on any atom is -0.462 e. The zero-order chi connectivity index (χ0) is 21.3. The van der Waals surface area contributed by atoms with E-state index in [-0.39, 0.29) is 5.91 Å². The summed E-state index contributed by atoms with van der Waals surface area (Å²) in [6.07, 6.45) is 0.817. The van der Waals surface area contributed by atoms with Gasteiger partial charge in [-0.05, 0) is 26.5 Å². The highest BCUT2D eigenvalue weighted by Crippen LogP contribution is 2.30. The number of nitrogens with one attached hydrogen (secondary N) is 1. The minimum atomic E-state index is -0.418. The SMILES string of the molecule is CCOC(=O)c1sc(NC(=O)c2c3c(nc4ccccc24)CCN(CC)C3)nc1C. The molecule has 0 saturated carbocycles. The smallest absolute Gasteiger partial charge is 0.350 e. The Morgan fingerprint density at radius 3 is 2.80 bits per heavy atom. The number of hydrogen-bond donors (Lipinski definition) is 1. The molecule has 1 N–H and O–H groups in total. The number of para-hydroxylation sites is 1. The van der Waals surface area contributed by atoms with E-state index in [4.69, 9.17) is 9.72 Å². The Labute approximate surface area is 179 Å². The number of likely N-dealkylation sites (N-methyl/N-ethyl adjacent to an activating group) is 1. The van der Waals surface area contributed by atoms with Crippen LogP contribution in [0.4, 0.5) is 5.13 Å². The number of fused-ring (bicyclic) bond motifs is 2. The van der Waals surface area contributed by atoms with Crippen LogP contribution in [-0.2, 0) is 17.7 Å². The van der Waals surface area contributed by atoms with E-state index in [2.05, 4.69) is 22.1 Å². The predicted octanol–water partition coefficient (Wildman–Crippen LogP) is 3.81. The number of anilines is 1. The van der Waals surface area contributed by atoms with Gasteiger partial charge in [-0.25, -0.2) is 9.78 Å². The standard InChI is InChI=1S/C22H24N4O3S/c1-4-26-11-10-17-15(12-26)18(14-8-6-7-9-16(14)24-17)20(27)25-22-23-13(3)19(30-22)21(28)29-5-2/h6-9H,4-5,10-12H2,1-3H3,(H,23,25,27). The van der Waals surface area contributed by atoms with Gasteiger partial charge in [-0.1, -0.05) is 36.5 Å². The van der Waals surface area contributed by atoms with Crippen LogP contribution in [0.5, 0.6) is 0 Å². The van der Waals surface area contributed by atoms with Crippen molar-refractivity contribution in [1.29, 1.82) is 0 Å². The summed E-state index contributed by atoms with van der Waals surface area (Å²) in [6, 6.07) is 7.71. The zero-order valence-corrected chi connectivity index (χ0v) is 18.1. The summed E-state index contributed by atoms with van der Waals surface area (Å²) in [7, 11) is 0. The van der Waals surface area contributed by atoms with Gasteiger partial charge in [0.15, 0.2) is 5.13 Å². The molecule has 7 nitrogen and oxygen atoms in total. The predicted molar refractivity (Wildman–Crippen MR) is 117 cm³/mol. The van der Waals surface area contributed by atoms with E-state index in [1.165, 1.54) is 0 Å². The lowest BCUT2D eigenvalue weighted by atomic mass is 9.95. The lowest BCUT2D eigenvalue weighted by molar-refractivity contribution is 0.0531. The Balaban J connectivity index is 1.73. The number of pyridine rings is 1. The third kappa shape index (κ3) is 3.80. The molecule has 3 aromatic rings. The Bertz CT molecular complexity index is 1130. The molecule has 1 aliphatic rings. The normalized spacial score (nSPS) is 13.8. The van der Waals surface area contributed by atoms with Gasteiger partial charge in [0.05, 0.1) is 23.4 Å². The van der Waals surface area contributed by atoms with E-state index in [9.17, 15) is 9.59 Å². The van der Waals surface area contributed by atoms with Crippen LogP contribution in [0, 0.1) is 6.92 Å². The Kier molecular flexibility index (Phi) is 5.78. The molecule has 0 atom stereocenters. The summed E-state index contributed by atoms with van der Waals surface area (Å²) in [6.45, 7) is 8.45. The second-order valence-electron chi connectivity index (χ2n) is 7.16. The molecule has 0 radical (unpaired) electrons. The summed E-state index contributed by atoms with van der Waals surface area (Å²) < 4.78 is 5.07. The van der Waals surface area contributed by atoms with Gasteiger partial charge in [0, 0.05) is 36.2 Å². The molecular formula is C22H24N4O3S. The van der Waals surface area contributed by atoms with Gasteiger partial charge in [0.25, 0.3) is 5.91 Å². The average Bonchev–Trinajstić information content (AvgIpc) is 3.11. The fourth-order valence-corrected chi connectivity index (χ4v) is 4.63. The lowest BCUT2D eigenvalue weighted by Gasteiger charge is -2.29. The molecule has 0 saturated heterocycles. The molecule has 8 heteroatoms. The molecule has 1 aliphatic heterocycles. The van der Waals surface area contributed by atoms with Gasteiger partial charge < -0.3 is 4.74 Å². The zero-order valence-electron chi connectivity index (χ0n) is 17.3. The number of aryl methyl sites for hydroxylation is 1. The number of amides is 1. The molecule has 0 spiro atoms. The first-order valence-electron chi connectivity index (χ1n) is 10.1. The third-order valence-corrected chi connectivity index (χ3v) is 6.33. The second kappa shape index (κ2) is 8.49. The molecule has 1 aromatic carbocycles. The van der Waals surface area contributed by atoms with Gasteiger partial charge in [-0.3, -0.25) is 20.0 Å². The average molecular weight is 425 g/mol. The molecule has 30 heavy (non-hydrogen) atoms. The lowest BCUT2D eigenvalue weighted by Crippen LogP contribution is -2.33. The first-order valence-corrected chi connectivity index (χ1v) is 10.9. The van der Waals surface area contributed by atoms with Crippen LogP contribution in [0.3, 0.4) is 0 Å². The number of rotatable bonds is 5. The summed E-state index contributed by atoms with van der Waals surface area (Å²) in [4.78, 5) is 37.4. The molecule has 3 heterocycles. The van der Waals surface area contributed by atoms with Gasteiger partial charge in [0.2, 0.25) is 0 Å². The number of ether oxygens (including phenoxy) is 1. The molecule has 2 aromatic heterocycles. The number of thiazole rings is 1. The first-order chi connectivity index (χ1) is 14.5. The van der Waals surface area contributed by atoms with Crippen molar-refractivity contribution in [3.05, 3.63) is 51.7 Å². The van der Waals surface area contributed by atoms with Crippen molar-refractivity contribution in [2.75, 3.05) is 25.0 Å². The minimum absolute atomic E-state index is 0.230. The van der Waals surface area contributed by atoms with E-state index < -0.39 is 5.97 Å². The van der Waals surface area contributed by atoms with Crippen LogP contribution >= 0.6 is 11.3 Å². The molecule has 1 amide bonds. The largest absolute Gasteiger partial charge is 0.462 e. The third-order valence-electron chi connectivity index (χ3n) is 5.28. The number of nitrogens with zero attached hydrogens (tertiary/aromatic N) is 3. The number of benzene rings is 1. The van der Waals surface area contributed by atoms with Crippen LogP contribution in [0.1, 0.15) is 50.8 Å². The van der Waals surface area contributed by atoms with Crippen LogP contribution < -0.4 is 5.32 Å². The van der Waals surface area contributed by atoms with Crippen molar-refractivity contribution in [3.63, 3.8) is 0 Å². The maximum atomic E-state index is 13.4. The first kappa shape index (κ1) is 20.4. The van der Waals surface area contributed by atoms with E-state index in [1.54, 1.807) is 13.8 Å². The molecule has 0 fully saturated rings. The molecule has 0 unspecified atom stereocenters. The van der Waals surface area contributed by atoms with Crippen molar-refractivity contribution in [3.8, 4) is 0 Å². The summed E-state index contributed by atoms with van der Waals surface area (Å²) in [5.41, 5.74) is 3.95. The highest BCUT2D eigenvalue weighted by Gasteiger charge is 2.26. The van der Waals surface area contributed by atoms with E-state index in [0.717, 1.165) is 53.0 Å². The van der Waals surface area contributed by atoms with E-state index >= 15 is 0 Å². The quantitative estimate of drug-likeness (QED) is 0.627. The van der Waals surface area contributed by atoms with Gasteiger partial charge >= 0.3 is 5.97 Å². The number of aromatic nitrogens is 2. The fourth-order valence-electron chi connectivity index (χ4n) is 3.77. The van der Waals surface area contributed by atoms with Crippen molar-refractivity contribution in [1.82, 2.24) is 14.9 Å². The van der Waals surface area contributed by atoms with Crippen molar-refractivity contribution >= 4 is 39.2 Å². The van der Waals surface area contributed by atoms with Crippen molar-refractivity contribution in [2.45, 2.75) is 33.7 Å². The summed E-state index contributed by atoms with van der Waals surface area (Å²) in [5, 5.41) is 4.12. The summed E-state index contributed by atoms with van der Waals surface area (Å²) >= 11 is 1.13. The molecule has 4 rings (SSSR count). The molecule has 0 aliphatic carbocycles. The Morgan fingerprint density at radius 2 is 2.03 bits per heavy atom. The van der Waals surface area contributed by atoms with Crippen LogP contribution in [-0.4, -0.2) is 46.4 Å². The van der Waals surface area contributed by atoms with Crippen LogP contribution in [0.2, 0.25) is 0 Å². The second-order valence-corrected chi connectivity index (χ2v) is 8.16. The van der Waals surface area contributed by atoms with Gasteiger partial charge in [-0.15, -0.1) is 0 Å². The molecule has 156 valence electrons. The fraction of sp³-hybridized carbons (Fsp3) is 0.364. The Morgan fingerprint density at radius 1 is 1.23 bits per heavy atom.